The zero-order valence-corrected chi connectivity index (χ0v) is 3.36. The maximum Gasteiger partial charge on any atom is 0.107 e. The minimum atomic E-state index is -0.787. The summed E-state index contributed by atoms with van der Waals surface area (Å²) < 4.78 is 11.1. The van der Waals surface area contributed by atoms with Crippen molar-refractivity contribution in [3.63, 3.8) is 0 Å². The van der Waals surface area contributed by atoms with Crippen molar-refractivity contribution in [1.29, 1.82) is 0 Å². The summed E-state index contributed by atoms with van der Waals surface area (Å²) in [5.41, 5.74) is 4.78. The van der Waals surface area contributed by atoms with Gasteiger partial charge < -0.3 is 5.73 Å². The molecule has 6 heavy (non-hydrogen) atoms. The van der Waals surface area contributed by atoms with Gasteiger partial charge in [0.05, 0.1) is 12.6 Å². The van der Waals surface area contributed by atoms with Crippen molar-refractivity contribution in [2.45, 2.75) is 6.04 Å². The SMILES string of the molecule is NC(C[O])CF. The lowest BCUT2D eigenvalue weighted by molar-refractivity contribution is 0.161. The molecule has 0 aromatic heterocycles. The van der Waals surface area contributed by atoms with Gasteiger partial charge in [-0.2, -0.15) is 0 Å². The largest absolute Gasteiger partial charge is 0.323 e. The van der Waals surface area contributed by atoms with Crippen molar-refractivity contribution < 1.29 is 9.50 Å². The predicted molar refractivity (Wildman–Crippen MR) is 19.5 cm³/mol. The van der Waals surface area contributed by atoms with Gasteiger partial charge >= 0.3 is 0 Å². The van der Waals surface area contributed by atoms with E-state index in [0.717, 1.165) is 0 Å². The first-order valence-corrected chi connectivity index (χ1v) is 1.71. The summed E-state index contributed by atoms with van der Waals surface area (Å²) in [6.45, 7) is -1.22. The molecule has 0 aliphatic rings. The Labute approximate surface area is 35.8 Å². The molecule has 0 amide bonds. The molecule has 0 aliphatic carbocycles. The zero-order chi connectivity index (χ0) is 4.99. The van der Waals surface area contributed by atoms with Gasteiger partial charge in [-0.15, -0.1) is 0 Å². The molecule has 2 N–H and O–H groups in total. The Balaban J connectivity index is 2.75. The van der Waals surface area contributed by atoms with Crippen LogP contribution in [0.2, 0.25) is 0 Å². The number of halogens is 1. The maximum atomic E-state index is 11.1. The molecule has 37 valence electrons. The molecular weight excluding hydrogens is 85.0 g/mol. The van der Waals surface area contributed by atoms with E-state index in [1.807, 2.05) is 0 Å². The molecule has 0 aliphatic heterocycles. The Morgan fingerprint density at radius 2 is 2.33 bits per heavy atom. The quantitative estimate of drug-likeness (QED) is 0.500. The lowest BCUT2D eigenvalue weighted by Gasteiger charge is -1.94. The fourth-order valence-corrected chi connectivity index (χ4v) is 0.0445. The van der Waals surface area contributed by atoms with Crippen LogP contribution in [0.15, 0.2) is 0 Å². The van der Waals surface area contributed by atoms with E-state index in [4.69, 9.17) is 5.73 Å². The fraction of sp³-hybridized carbons (Fsp3) is 1.00. The summed E-state index contributed by atoms with van der Waals surface area (Å²) in [5, 5.41) is 9.50. The van der Waals surface area contributed by atoms with Gasteiger partial charge in [-0.3, -0.25) is 0 Å². The Hall–Kier alpha value is -0.150. The maximum absolute atomic E-state index is 11.1. The normalized spacial score (nSPS) is 14.5. The molecule has 1 unspecified atom stereocenters. The molecule has 0 aromatic carbocycles. The van der Waals surface area contributed by atoms with E-state index in [0.29, 0.717) is 0 Å². The van der Waals surface area contributed by atoms with E-state index in [-0.39, 0.29) is 0 Å². The van der Waals surface area contributed by atoms with Crippen LogP contribution in [-0.4, -0.2) is 19.3 Å². The average Bonchev–Trinajstić information content (AvgIpc) is 1.65. The third-order valence-electron chi connectivity index (χ3n) is 0.412. The second-order valence-corrected chi connectivity index (χ2v) is 1.08. The molecule has 2 nitrogen and oxygen atoms in total. The van der Waals surface area contributed by atoms with Crippen LogP contribution in [0.4, 0.5) is 4.39 Å². The summed E-state index contributed by atoms with van der Waals surface area (Å²) in [5.74, 6) is 0. The van der Waals surface area contributed by atoms with Crippen molar-refractivity contribution in [3.05, 3.63) is 0 Å². The third kappa shape index (κ3) is 2.11. The molecule has 0 spiro atoms. The highest BCUT2D eigenvalue weighted by Gasteiger charge is 1.95. The Bertz CT molecular complexity index is 30.0. The third-order valence-corrected chi connectivity index (χ3v) is 0.412. The number of rotatable bonds is 2. The van der Waals surface area contributed by atoms with Crippen LogP contribution >= 0.6 is 0 Å². The highest BCUT2D eigenvalue weighted by Crippen LogP contribution is 1.73. The van der Waals surface area contributed by atoms with Crippen molar-refractivity contribution in [2.75, 3.05) is 13.3 Å². The van der Waals surface area contributed by atoms with Crippen LogP contribution in [-0.2, 0) is 5.11 Å². The van der Waals surface area contributed by atoms with Crippen LogP contribution in [0, 0.1) is 0 Å². The molecule has 0 aromatic rings. The van der Waals surface area contributed by atoms with Gasteiger partial charge in [0, 0.05) is 0 Å². The lowest BCUT2D eigenvalue weighted by atomic mass is 10.4. The minimum absolute atomic E-state index is 0.517. The van der Waals surface area contributed by atoms with Crippen molar-refractivity contribution >= 4 is 0 Å². The van der Waals surface area contributed by atoms with Gasteiger partial charge in [-0.25, -0.2) is 9.50 Å². The highest BCUT2D eigenvalue weighted by molar-refractivity contribution is 4.52. The molecule has 0 saturated carbocycles. The number of alkyl halides is 1. The van der Waals surface area contributed by atoms with Crippen molar-refractivity contribution in [1.82, 2.24) is 0 Å². The van der Waals surface area contributed by atoms with Crippen LogP contribution in [0.3, 0.4) is 0 Å². The molecule has 1 radical (unpaired) electrons. The average molecular weight is 92.1 g/mol. The zero-order valence-electron chi connectivity index (χ0n) is 3.36. The first kappa shape index (κ1) is 5.85. The van der Waals surface area contributed by atoms with E-state index in [1.54, 1.807) is 0 Å². The van der Waals surface area contributed by atoms with Crippen LogP contribution in [0.1, 0.15) is 0 Å². The Kier molecular flexibility index (Phi) is 2.98. The molecule has 1 atom stereocenters. The molecule has 0 fully saturated rings. The predicted octanol–water partition coefficient (Wildman–Crippen LogP) is -0.286. The molecular formula is C3H7FNO. The summed E-state index contributed by atoms with van der Waals surface area (Å²) in [4.78, 5) is 0. The molecule has 0 saturated heterocycles. The molecule has 0 heterocycles. The summed E-state index contributed by atoms with van der Waals surface area (Å²) >= 11 is 0. The van der Waals surface area contributed by atoms with Gasteiger partial charge in [0.1, 0.15) is 6.67 Å². The summed E-state index contributed by atoms with van der Waals surface area (Å²) in [6, 6.07) is -0.787. The van der Waals surface area contributed by atoms with Gasteiger partial charge in [-0.05, 0) is 0 Å². The van der Waals surface area contributed by atoms with E-state index in [1.165, 1.54) is 0 Å². The van der Waals surface area contributed by atoms with Gasteiger partial charge in [0.25, 0.3) is 0 Å². The fourth-order valence-electron chi connectivity index (χ4n) is 0.0445. The Morgan fingerprint density at radius 3 is 2.33 bits per heavy atom. The van der Waals surface area contributed by atoms with Crippen molar-refractivity contribution in [3.8, 4) is 0 Å². The van der Waals surface area contributed by atoms with Gasteiger partial charge in [-0.1, -0.05) is 0 Å². The van der Waals surface area contributed by atoms with Crippen LogP contribution in [0.25, 0.3) is 0 Å². The first-order valence-electron chi connectivity index (χ1n) is 1.71. The highest BCUT2D eigenvalue weighted by atomic mass is 19.1. The van der Waals surface area contributed by atoms with E-state index in [9.17, 15) is 9.50 Å². The minimum Gasteiger partial charge on any atom is -0.323 e. The summed E-state index contributed by atoms with van der Waals surface area (Å²) in [6.07, 6.45) is 0. The van der Waals surface area contributed by atoms with E-state index in [2.05, 4.69) is 0 Å². The number of hydrogen-bond donors (Lipinski definition) is 1. The number of nitrogens with two attached hydrogens (primary N) is 1. The molecule has 3 heteroatoms. The van der Waals surface area contributed by atoms with Crippen LogP contribution in [0.5, 0.6) is 0 Å². The van der Waals surface area contributed by atoms with Crippen LogP contribution < -0.4 is 5.73 Å². The standard InChI is InChI=1S/C3H7FNO/c4-1-3(5)2-6/h3H,1-2,5H2. The second-order valence-electron chi connectivity index (χ2n) is 1.08. The van der Waals surface area contributed by atoms with Gasteiger partial charge in [0.15, 0.2) is 0 Å². The topological polar surface area (TPSA) is 45.9 Å². The lowest BCUT2D eigenvalue weighted by Crippen LogP contribution is -2.25. The van der Waals surface area contributed by atoms with Crippen molar-refractivity contribution in [2.24, 2.45) is 5.73 Å². The smallest absolute Gasteiger partial charge is 0.107 e. The van der Waals surface area contributed by atoms with E-state index < -0.39 is 19.3 Å². The first-order chi connectivity index (χ1) is 2.81. The summed E-state index contributed by atoms with van der Waals surface area (Å²) in [7, 11) is 0. The van der Waals surface area contributed by atoms with Gasteiger partial charge in [0.2, 0.25) is 0 Å². The van der Waals surface area contributed by atoms with E-state index >= 15 is 0 Å². The number of hydrogen-bond acceptors (Lipinski definition) is 1. The Morgan fingerprint density at radius 1 is 1.83 bits per heavy atom. The second kappa shape index (κ2) is 3.06. The monoisotopic (exact) mass is 92.1 g/mol. The molecule has 0 rings (SSSR count). The molecule has 0 bridgehead atoms.